The first-order valence-electron chi connectivity index (χ1n) is 6.39. The fourth-order valence-corrected chi connectivity index (χ4v) is 2.53. The van der Waals surface area contributed by atoms with Crippen molar-refractivity contribution in [1.82, 2.24) is 10.6 Å². The number of carbonyl (C=O) groups is 2. The van der Waals surface area contributed by atoms with Crippen molar-refractivity contribution in [3.8, 4) is 0 Å². The van der Waals surface area contributed by atoms with E-state index in [1.54, 1.807) is 11.4 Å². The molecule has 6 heteroatoms. The molecule has 0 aliphatic heterocycles. The molecule has 2 amide bonds. The molecule has 2 rings (SSSR count). The minimum atomic E-state index is -0.699. The second-order valence-electron chi connectivity index (χ2n) is 4.87. The number of rotatable bonds is 6. The van der Waals surface area contributed by atoms with Crippen molar-refractivity contribution in [2.24, 2.45) is 0 Å². The number of hydrogen-bond donors (Lipinski definition) is 3. The van der Waals surface area contributed by atoms with Gasteiger partial charge in [0.05, 0.1) is 5.60 Å². The lowest BCUT2D eigenvalue weighted by Gasteiger charge is -2.36. The smallest absolute Gasteiger partial charge is 0.252 e. The maximum Gasteiger partial charge on any atom is 0.252 e. The van der Waals surface area contributed by atoms with Crippen LogP contribution in [0.15, 0.2) is 16.8 Å². The fourth-order valence-electron chi connectivity index (χ4n) is 1.90. The molecule has 0 saturated heterocycles. The van der Waals surface area contributed by atoms with Gasteiger partial charge in [-0.05, 0) is 30.7 Å². The van der Waals surface area contributed by atoms with Crippen LogP contribution in [0.2, 0.25) is 0 Å². The van der Waals surface area contributed by atoms with Gasteiger partial charge in [-0.3, -0.25) is 9.59 Å². The van der Waals surface area contributed by atoms with Crippen molar-refractivity contribution in [2.75, 3.05) is 13.1 Å². The zero-order chi connectivity index (χ0) is 13.7. The van der Waals surface area contributed by atoms with Crippen molar-refractivity contribution in [2.45, 2.75) is 31.3 Å². The van der Waals surface area contributed by atoms with Crippen LogP contribution >= 0.6 is 11.3 Å². The lowest BCUT2D eigenvalue weighted by Crippen LogP contribution is -2.48. The van der Waals surface area contributed by atoms with Gasteiger partial charge in [-0.2, -0.15) is 11.3 Å². The van der Waals surface area contributed by atoms with Crippen molar-refractivity contribution in [1.29, 1.82) is 0 Å². The molecule has 1 aliphatic carbocycles. The highest BCUT2D eigenvalue weighted by Crippen LogP contribution is 2.30. The first-order valence-corrected chi connectivity index (χ1v) is 7.33. The monoisotopic (exact) mass is 282 g/mol. The van der Waals surface area contributed by atoms with Crippen molar-refractivity contribution in [3.05, 3.63) is 22.4 Å². The molecule has 3 N–H and O–H groups in total. The van der Waals surface area contributed by atoms with Gasteiger partial charge in [-0.1, -0.05) is 0 Å². The zero-order valence-corrected chi connectivity index (χ0v) is 11.5. The standard InChI is InChI=1S/C13H18N2O3S/c16-11(15-9-13(18)4-1-5-13)2-6-14-12(17)10-3-7-19-8-10/h3,7-8,18H,1-2,4-6,9H2,(H,14,17)(H,15,16). The van der Waals surface area contributed by atoms with Crippen LogP contribution < -0.4 is 10.6 Å². The molecule has 0 bridgehead atoms. The van der Waals surface area contributed by atoms with Gasteiger partial charge >= 0.3 is 0 Å². The number of carbonyl (C=O) groups excluding carboxylic acids is 2. The summed E-state index contributed by atoms with van der Waals surface area (Å²) in [6.07, 6.45) is 2.75. The number of thiophene rings is 1. The highest BCUT2D eigenvalue weighted by molar-refractivity contribution is 7.08. The van der Waals surface area contributed by atoms with Crippen LogP contribution in [0.5, 0.6) is 0 Å². The first-order chi connectivity index (χ1) is 9.09. The van der Waals surface area contributed by atoms with Gasteiger partial charge in [-0.25, -0.2) is 0 Å². The molecule has 0 spiro atoms. The predicted octanol–water partition coefficient (Wildman–Crippen LogP) is 0.899. The molecule has 0 atom stereocenters. The minimum Gasteiger partial charge on any atom is -0.388 e. The molecule has 1 heterocycles. The third-order valence-electron chi connectivity index (χ3n) is 3.32. The van der Waals surface area contributed by atoms with Gasteiger partial charge in [0.2, 0.25) is 5.91 Å². The van der Waals surface area contributed by atoms with Gasteiger partial charge in [0, 0.05) is 30.5 Å². The van der Waals surface area contributed by atoms with E-state index >= 15 is 0 Å². The molecule has 104 valence electrons. The SMILES string of the molecule is O=C(CCNC(=O)c1ccsc1)NCC1(O)CCC1. The minimum absolute atomic E-state index is 0.147. The van der Waals surface area contributed by atoms with Gasteiger partial charge in [0.1, 0.15) is 0 Å². The summed E-state index contributed by atoms with van der Waals surface area (Å²) in [6, 6.07) is 1.74. The van der Waals surface area contributed by atoms with Crippen molar-refractivity contribution in [3.63, 3.8) is 0 Å². The lowest BCUT2D eigenvalue weighted by atomic mass is 9.80. The second kappa shape index (κ2) is 6.16. The summed E-state index contributed by atoms with van der Waals surface area (Å²) in [7, 11) is 0. The van der Waals surface area contributed by atoms with Crippen molar-refractivity contribution >= 4 is 23.2 Å². The summed E-state index contributed by atoms with van der Waals surface area (Å²) in [5, 5.41) is 18.8. The molecule has 1 fully saturated rings. The van der Waals surface area contributed by atoms with Crippen LogP contribution in [0.25, 0.3) is 0 Å². The van der Waals surface area contributed by atoms with Gasteiger partial charge < -0.3 is 15.7 Å². The summed E-state index contributed by atoms with van der Waals surface area (Å²) in [6.45, 7) is 0.614. The summed E-state index contributed by atoms with van der Waals surface area (Å²) >= 11 is 1.46. The van der Waals surface area contributed by atoms with E-state index in [9.17, 15) is 14.7 Å². The Labute approximate surface area is 116 Å². The maximum absolute atomic E-state index is 11.6. The van der Waals surface area contributed by atoms with E-state index in [2.05, 4.69) is 10.6 Å². The van der Waals surface area contributed by atoms with Crippen LogP contribution in [0.4, 0.5) is 0 Å². The number of amides is 2. The first kappa shape index (κ1) is 14.0. The largest absolute Gasteiger partial charge is 0.388 e. The highest BCUT2D eigenvalue weighted by Gasteiger charge is 2.34. The third kappa shape index (κ3) is 4.04. The van der Waals surface area contributed by atoms with Crippen LogP contribution in [0, 0.1) is 0 Å². The molecular weight excluding hydrogens is 264 g/mol. The van der Waals surface area contributed by atoms with E-state index in [1.165, 1.54) is 11.3 Å². The van der Waals surface area contributed by atoms with E-state index in [0.29, 0.717) is 18.7 Å². The summed E-state index contributed by atoms with van der Waals surface area (Å²) in [4.78, 5) is 23.1. The topological polar surface area (TPSA) is 78.4 Å². The van der Waals surface area contributed by atoms with E-state index in [-0.39, 0.29) is 18.2 Å². The summed E-state index contributed by atoms with van der Waals surface area (Å²) in [5.41, 5.74) is -0.0792. The van der Waals surface area contributed by atoms with Gasteiger partial charge in [-0.15, -0.1) is 0 Å². The Balaban J connectivity index is 1.60. The quantitative estimate of drug-likeness (QED) is 0.725. The van der Waals surface area contributed by atoms with Crippen LogP contribution in [0.1, 0.15) is 36.0 Å². The molecule has 19 heavy (non-hydrogen) atoms. The molecular formula is C13H18N2O3S. The lowest BCUT2D eigenvalue weighted by molar-refractivity contribution is -0.123. The number of nitrogens with one attached hydrogen (secondary N) is 2. The van der Waals surface area contributed by atoms with Crippen LogP contribution in [-0.4, -0.2) is 35.6 Å². The van der Waals surface area contributed by atoms with E-state index in [4.69, 9.17) is 0 Å². The maximum atomic E-state index is 11.6. The molecule has 0 aromatic carbocycles. The predicted molar refractivity (Wildman–Crippen MR) is 73.1 cm³/mol. The molecule has 5 nitrogen and oxygen atoms in total. The molecule has 1 aliphatic rings. The zero-order valence-electron chi connectivity index (χ0n) is 10.6. The van der Waals surface area contributed by atoms with Crippen molar-refractivity contribution < 1.29 is 14.7 Å². The van der Waals surface area contributed by atoms with E-state index in [1.807, 2.05) is 5.38 Å². The second-order valence-corrected chi connectivity index (χ2v) is 5.65. The van der Waals surface area contributed by atoms with Crippen LogP contribution in [-0.2, 0) is 4.79 Å². The number of aliphatic hydroxyl groups is 1. The molecule has 1 aromatic heterocycles. The van der Waals surface area contributed by atoms with Gasteiger partial charge in [0.25, 0.3) is 5.91 Å². The fraction of sp³-hybridized carbons (Fsp3) is 0.538. The molecule has 1 aromatic rings. The Hall–Kier alpha value is -1.40. The Kier molecular flexibility index (Phi) is 4.55. The van der Waals surface area contributed by atoms with Gasteiger partial charge in [0.15, 0.2) is 0 Å². The Morgan fingerprint density at radius 2 is 2.16 bits per heavy atom. The Morgan fingerprint density at radius 3 is 2.74 bits per heavy atom. The average Bonchev–Trinajstić information content (AvgIpc) is 2.87. The highest BCUT2D eigenvalue weighted by atomic mass is 32.1. The summed E-state index contributed by atoms with van der Waals surface area (Å²) in [5.74, 6) is -0.308. The molecule has 1 saturated carbocycles. The normalized spacial score (nSPS) is 16.5. The number of hydrogen-bond acceptors (Lipinski definition) is 4. The van der Waals surface area contributed by atoms with E-state index in [0.717, 1.165) is 19.3 Å². The van der Waals surface area contributed by atoms with E-state index < -0.39 is 5.60 Å². The average molecular weight is 282 g/mol. The third-order valence-corrected chi connectivity index (χ3v) is 4.00. The molecule has 0 radical (unpaired) electrons. The summed E-state index contributed by atoms with van der Waals surface area (Å²) < 4.78 is 0. The Morgan fingerprint density at radius 1 is 1.37 bits per heavy atom. The Bertz CT molecular complexity index is 441. The molecule has 0 unspecified atom stereocenters. The van der Waals surface area contributed by atoms with Crippen LogP contribution in [0.3, 0.4) is 0 Å².